The number of rotatable bonds is 53. The third-order valence-corrected chi connectivity index (χ3v) is 13.3. The summed E-state index contributed by atoms with van der Waals surface area (Å²) >= 11 is 0. The fourth-order valence-electron chi connectivity index (χ4n) is 8.81. The topological polar surface area (TPSA) is 95.9 Å². The van der Waals surface area contributed by atoms with Crippen LogP contribution in [0.25, 0.3) is 0 Å². The number of aliphatic hydroxyl groups is 2. The molecule has 0 heterocycles. The maximum Gasteiger partial charge on any atom is 0.306 e. The minimum Gasteiger partial charge on any atom is -0.462 e. The van der Waals surface area contributed by atoms with Crippen molar-refractivity contribution in [3.05, 3.63) is 85.1 Å². The van der Waals surface area contributed by atoms with Crippen molar-refractivity contribution in [1.82, 2.24) is 5.32 Å². The number of carbonyl (C=O) groups excluding carboxylic acids is 2. The molecule has 6 heteroatoms. The van der Waals surface area contributed by atoms with E-state index in [1.54, 1.807) is 0 Å². The monoisotopic (exact) mass is 976 g/mol. The van der Waals surface area contributed by atoms with Gasteiger partial charge in [-0.2, -0.15) is 0 Å². The second kappa shape index (κ2) is 56.9. The Morgan fingerprint density at radius 2 is 0.757 bits per heavy atom. The number of amides is 1. The third kappa shape index (κ3) is 51.4. The molecule has 3 atom stereocenters. The largest absolute Gasteiger partial charge is 0.462 e. The molecule has 404 valence electrons. The number of allylic oxidation sites excluding steroid dienone is 14. The summed E-state index contributed by atoms with van der Waals surface area (Å²) in [6.07, 6.45) is 75.0. The van der Waals surface area contributed by atoms with Crippen LogP contribution >= 0.6 is 0 Å². The number of hydrogen-bond donors (Lipinski definition) is 3. The number of esters is 1. The summed E-state index contributed by atoms with van der Waals surface area (Å²) in [5.74, 6) is -0.526. The third-order valence-electron chi connectivity index (χ3n) is 13.3. The van der Waals surface area contributed by atoms with Crippen molar-refractivity contribution in [3.63, 3.8) is 0 Å². The molecule has 0 aromatic carbocycles. The fraction of sp³-hybridized carbons (Fsp3) is 0.750. The molecular formula is C64H113NO5. The lowest BCUT2D eigenvalue weighted by molar-refractivity contribution is -0.151. The predicted molar refractivity (Wildman–Crippen MR) is 305 cm³/mol. The smallest absolute Gasteiger partial charge is 0.306 e. The highest BCUT2D eigenvalue weighted by Crippen LogP contribution is 2.18. The Balaban J connectivity index is 4.65. The lowest BCUT2D eigenvalue weighted by atomic mass is 10.0. The fourth-order valence-corrected chi connectivity index (χ4v) is 8.81. The van der Waals surface area contributed by atoms with Crippen molar-refractivity contribution >= 4 is 11.9 Å². The second-order valence-electron chi connectivity index (χ2n) is 20.2. The first-order chi connectivity index (χ1) is 34.5. The average Bonchev–Trinajstić information content (AvgIpc) is 3.35. The van der Waals surface area contributed by atoms with Crippen molar-refractivity contribution in [2.75, 3.05) is 6.61 Å². The lowest BCUT2D eigenvalue weighted by Gasteiger charge is -2.24. The van der Waals surface area contributed by atoms with Crippen molar-refractivity contribution in [2.45, 2.75) is 302 Å². The van der Waals surface area contributed by atoms with Crippen LogP contribution < -0.4 is 5.32 Å². The van der Waals surface area contributed by atoms with Crippen molar-refractivity contribution in [1.29, 1.82) is 0 Å². The molecule has 0 aromatic heterocycles. The highest BCUT2D eigenvalue weighted by atomic mass is 16.5. The van der Waals surface area contributed by atoms with Gasteiger partial charge in [0.2, 0.25) is 5.91 Å². The molecule has 3 unspecified atom stereocenters. The zero-order valence-electron chi connectivity index (χ0n) is 46.1. The molecule has 0 aliphatic rings. The van der Waals surface area contributed by atoms with Gasteiger partial charge in [0, 0.05) is 6.42 Å². The van der Waals surface area contributed by atoms with Crippen LogP contribution in [0.2, 0.25) is 0 Å². The summed E-state index contributed by atoms with van der Waals surface area (Å²) in [7, 11) is 0. The first-order valence-electron chi connectivity index (χ1n) is 29.9. The molecule has 0 spiro atoms. The number of unbranched alkanes of at least 4 members (excludes halogenated alkanes) is 32. The standard InChI is InChI=1S/C64H113NO5/c1-4-7-10-13-16-19-22-25-28-31-33-36-39-42-45-48-51-54-57-64(69)70-60(55-52-49-46-43-40-37-34-30-27-24-21-18-15-12-9-6-3)58-63(68)65-61(59-66)62(67)56-53-50-47-44-41-38-35-32-29-26-23-20-17-14-11-8-5-2/h10,13,16,19,22,25,28,30-31,33-34,36-37,40,60-62,66-67H,4-9,11-12,14-15,17-18,20-21,23-24,26-27,29,32,35,38-39,41-59H2,1-3H3,(H,65,68)/b13-10+,19-16+,25-22+,31-28+,34-30+,36-33+,40-37+. The van der Waals surface area contributed by atoms with Gasteiger partial charge < -0.3 is 20.3 Å². The summed E-state index contributed by atoms with van der Waals surface area (Å²) in [4.78, 5) is 26.3. The van der Waals surface area contributed by atoms with E-state index in [1.165, 1.54) is 141 Å². The molecule has 3 N–H and O–H groups in total. The molecular weight excluding hydrogens is 863 g/mol. The molecule has 0 aromatic rings. The number of aliphatic hydroxyl groups excluding tert-OH is 2. The van der Waals surface area contributed by atoms with E-state index in [2.05, 4.69) is 86.8 Å². The molecule has 70 heavy (non-hydrogen) atoms. The van der Waals surface area contributed by atoms with E-state index in [1.807, 2.05) is 24.3 Å². The van der Waals surface area contributed by atoms with E-state index < -0.39 is 18.2 Å². The molecule has 0 bridgehead atoms. The Kier molecular flexibility index (Phi) is 54.5. The normalized spacial score (nSPS) is 13.7. The van der Waals surface area contributed by atoms with Gasteiger partial charge in [0.15, 0.2) is 0 Å². The predicted octanol–water partition coefficient (Wildman–Crippen LogP) is 18.7. The Labute approximate surface area is 433 Å². The molecule has 0 aliphatic heterocycles. The van der Waals surface area contributed by atoms with E-state index in [-0.39, 0.29) is 24.9 Å². The number of hydrogen-bond acceptors (Lipinski definition) is 5. The van der Waals surface area contributed by atoms with Gasteiger partial charge in [-0.15, -0.1) is 0 Å². The summed E-state index contributed by atoms with van der Waals surface area (Å²) in [6.45, 7) is 6.40. The summed E-state index contributed by atoms with van der Waals surface area (Å²) in [5.41, 5.74) is 0. The highest BCUT2D eigenvalue weighted by Gasteiger charge is 2.24. The molecule has 0 saturated carbocycles. The zero-order chi connectivity index (χ0) is 50.9. The second-order valence-corrected chi connectivity index (χ2v) is 20.2. The average molecular weight is 977 g/mol. The molecule has 0 saturated heterocycles. The van der Waals surface area contributed by atoms with Crippen LogP contribution in [0.5, 0.6) is 0 Å². The van der Waals surface area contributed by atoms with Gasteiger partial charge in [-0.05, 0) is 70.6 Å². The van der Waals surface area contributed by atoms with Crippen LogP contribution in [-0.4, -0.2) is 46.9 Å². The first-order valence-corrected chi connectivity index (χ1v) is 29.9. The highest BCUT2D eigenvalue weighted by molar-refractivity contribution is 5.77. The van der Waals surface area contributed by atoms with Gasteiger partial charge in [0.1, 0.15) is 6.10 Å². The van der Waals surface area contributed by atoms with Crippen LogP contribution in [0.4, 0.5) is 0 Å². The molecule has 0 radical (unpaired) electrons. The number of carbonyl (C=O) groups is 2. The Hall–Kier alpha value is -2.96. The Morgan fingerprint density at radius 3 is 1.19 bits per heavy atom. The van der Waals surface area contributed by atoms with Crippen LogP contribution in [0.1, 0.15) is 284 Å². The number of ether oxygens (including phenoxy) is 1. The van der Waals surface area contributed by atoms with E-state index in [0.29, 0.717) is 19.3 Å². The number of nitrogens with one attached hydrogen (secondary N) is 1. The Bertz CT molecular complexity index is 1330. The van der Waals surface area contributed by atoms with E-state index >= 15 is 0 Å². The molecule has 0 rings (SSSR count). The van der Waals surface area contributed by atoms with Gasteiger partial charge in [-0.1, -0.05) is 286 Å². The minimum absolute atomic E-state index is 0.0459. The van der Waals surface area contributed by atoms with E-state index in [4.69, 9.17) is 4.74 Å². The molecule has 0 aliphatic carbocycles. The quantitative estimate of drug-likeness (QED) is 0.0321. The van der Waals surface area contributed by atoms with Gasteiger partial charge in [-0.25, -0.2) is 0 Å². The lowest BCUT2D eigenvalue weighted by Crippen LogP contribution is -2.46. The van der Waals surface area contributed by atoms with Gasteiger partial charge in [-0.3, -0.25) is 9.59 Å². The van der Waals surface area contributed by atoms with Crippen LogP contribution in [0, 0.1) is 0 Å². The first kappa shape index (κ1) is 67.0. The van der Waals surface area contributed by atoms with Gasteiger partial charge in [0.25, 0.3) is 0 Å². The summed E-state index contributed by atoms with van der Waals surface area (Å²) in [6, 6.07) is -0.721. The van der Waals surface area contributed by atoms with E-state index in [0.717, 1.165) is 96.3 Å². The Morgan fingerprint density at radius 1 is 0.414 bits per heavy atom. The van der Waals surface area contributed by atoms with Crippen LogP contribution in [-0.2, 0) is 14.3 Å². The molecule has 1 amide bonds. The summed E-state index contributed by atoms with van der Waals surface area (Å²) < 4.78 is 5.95. The van der Waals surface area contributed by atoms with Crippen molar-refractivity contribution in [3.8, 4) is 0 Å². The SMILES string of the molecule is CCC/C=C/C=C/C=C/C=C/C=C/CCCCCCCC(=O)OC(CCCCC/C=C/C=C/CCCCCCCCC)CC(=O)NC(CO)C(O)CCCCCCCCCCCCCCCCCCC. The van der Waals surface area contributed by atoms with Crippen LogP contribution in [0.15, 0.2) is 85.1 Å². The summed E-state index contributed by atoms with van der Waals surface area (Å²) in [5, 5.41) is 23.9. The van der Waals surface area contributed by atoms with Crippen molar-refractivity contribution in [2.24, 2.45) is 0 Å². The molecule has 6 nitrogen and oxygen atoms in total. The minimum atomic E-state index is -0.805. The van der Waals surface area contributed by atoms with E-state index in [9.17, 15) is 19.8 Å². The van der Waals surface area contributed by atoms with Crippen LogP contribution in [0.3, 0.4) is 0 Å². The van der Waals surface area contributed by atoms with Gasteiger partial charge in [0.05, 0.1) is 25.2 Å². The molecule has 0 fully saturated rings. The van der Waals surface area contributed by atoms with Crippen molar-refractivity contribution < 1.29 is 24.5 Å². The maximum atomic E-state index is 13.3. The zero-order valence-corrected chi connectivity index (χ0v) is 46.1. The van der Waals surface area contributed by atoms with Gasteiger partial charge >= 0.3 is 5.97 Å². The maximum absolute atomic E-state index is 13.3.